The highest BCUT2D eigenvalue weighted by molar-refractivity contribution is 7.99. The summed E-state index contributed by atoms with van der Waals surface area (Å²) in [5, 5.41) is 9.60. The summed E-state index contributed by atoms with van der Waals surface area (Å²) in [7, 11) is 0. The van der Waals surface area contributed by atoms with Crippen LogP contribution in [0.1, 0.15) is 41.7 Å². The molecule has 0 N–H and O–H groups in total. The highest BCUT2D eigenvalue weighted by atomic mass is 32.2. The van der Waals surface area contributed by atoms with Crippen LogP contribution in [-0.4, -0.2) is 26.4 Å². The van der Waals surface area contributed by atoms with Crippen LogP contribution in [0.3, 0.4) is 0 Å². The van der Waals surface area contributed by atoms with Crippen LogP contribution in [0.25, 0.3) is 10.9 Å². The number of hydrogen-bond donors (Lipinski definition) is 0. The van der Waals surface area contributed by atoms with Crippen molar-refractivity contribution < 1.29 is 9.21 Å². The zero-order valence-electron chi connectivity index (χ0n) is 13.6. The summed E-state index contributed by atoms with van der Waals surface area (Å²) < 4.78 is 7.39. The molecule has 0 bridgehead atoms. The molecule has 0 saturated carbocycles. The second kappa shape index (κ2) is 6.43. The van der Waals surface area contributed by atoms with Crippen molar-refractivity contribution in [2.45, 2.75) is 44.3 Å². The van der Waals surface area contributed by atoms with E-state index in [-0.39, 0.29) is 5.91 Å². The molecule has 6 heteroatoms. The van der Waals surface area contributed by atoms with Gasteiger partial charge in [0.05, 0.1) is 11.3 Å². The third kappa shape index (κ3) is 2.65. The van der Waals surface area contributed by atoms with E-state index in [4.69, 9.17) is 4.42 Å². The molecule has 0 spiro atoms. The van der Waals surface area contributed by atoms with Gasteiger partial charge in [0.25, 0.3) is 5.22 Å². The maximum atomic E-state index is 12.9. The minimum absolute atomic E-state index is 0.0793. The Labute approximate surface area is 144 Å². The van der Waals surface area contributed by atoms with Crippen molar-refractivity contribution >= 4 is 28.6 Å². The first-order chi connectivity index (χ1) is 11.8. The van der Waals surface area contributed by atoms with Crippen LogP contribution >= 0.6 is 11.8 Å². The van der Waals surface area contributed by atoms with E-state index >= 15 is 0 Å². The summed E-state index contributed by atoms with van der Waals surface area (Å²) >= 11 is 1.31. The molecular weight excluding hydrogens is 322 g/mol. The Hall–Kier alpha value is -2.08. The molecule has 1 aromatic carbocycles. The molecule has 1 aliphatic carbocycles. The minimum Gasteiger partial charge on any atom is -0.416 e. The number of hydrogen-bond acceptors (Lipinski definition) is 5. The number of carbonyl (C=O) groups is 1. The minimum atomic E-state index is 0.0793. The van der Waals surface area contributed by atoms with Gasteiger partial charge in [-0.3, -0.25) is 9.36 Å². The lowest BCUT2D eigenvalue weighted by atomic mass is 9.96. The summed E-state index contributed by atoms with van der Waals surface area (Å²) in [6, 6.07) is 8.21. The van der Waals surface area contributed by atoms with E-state index in [2.05, 4.69) is 16.3 Å². The predicted octanol–water partition coefficient (Wildman–Crippen LogP) is 3.90. The molecule has 0 fully saturated rings. The topological polar surface area (TPSA) is 60.9 Å². The van der Waals surface area contributed by atoms with Gasteiger partial charge in [0.15, 0.2) is 0 Å². The lowest BCUT2D eigenvalue weighted by Crippen LogP contribution is -2.18. The van der Waals surface area contributed by atoms with Crippen LogP contribution in [-0.2, 0) is 19.3 Å². The fourth-order valence-electron chi connectivity index (χ4n) is 3.41. The molecular formula is C18H19N3O2S. The number of aryl methyl sites for hydroxylation is 2. The zero-order chi connectivity index (χ0) is 16.5. The summed E-state index contributed by atoms with van der Waals surface area (Å²) in [6.07, 6.45) is 5.09. The van der Waals surface area contributed by atoms with Crippen molar-refractivity contribution in [3.05, 3.63) is 41.4 Å². The molecule has 0 radical (unpaired) electrons. The third-order valence-electron chi connectivity index (χ3n) is 4.50. The Morgan fingerprint density at radius 3 is 2.92 bits per heavy atom. The largest absolute Gasteiger partial charge is 0.416 e. The van der Waals surface area contributed by atoms with Gasteiger partial charge in [-0.2, -0.15) is 0 Å². The molecule has 3 aromatic rings. The number of para-hydroxylation sites is 1. The average molecular weight is 341 g/mol. The first kappa shape index (κ1) is 15.4. The molecule has 0 aliphatic heterocycles. The molecule has 5 nitrogen and oxygen atoms in total. The van der Waals surface area contributed by atoms with Crippen molar-refractivity contribution in [2.75, 3.05) is 5.75 Å². The lowest BCUT2D eigenvalue weighted by molar-refractivity contribution is 0.0943. The van der Waals surface area contributed by atoms with Gasteiger partial charge in [-0.15, -0.1) is 10.2 Å². The van der Waals surface area contributed by atoms with Gasteiger partial charge < -0.3 is 4.42 Å². The van der Waals surface area contributed by atoms with Gasteiger partial charge in [-0.1, -0.05) is 36.9 Å². The number of rotatable bonds is 4. The standard InChI is InChI=1S/C18H19N3O2S/c1-2-16-19-20-18(23-16)24-11-17(22)21-14-9-5-3-7-12(14)13-8-4-6-10-15(13)21/h3,5,7,9H,2,4,6,8,10-11H2,1H3. The van der Waals surface area contributed by atoms with Crippen molar-refractivity contribution in [1.82, 2.24) is 14.8 Å². The number of fused-ring (bicyclic) bond motifs is 3. The van der Waals surface area contributed by atoms with Crippen LogP contribution in [0.5, 0.6) is 0 Å². The zero-order valence-corrected chi connectivity index (χ0v) is 14.4. The first-order valence-electron chi connectivity index (χ1n) is 8.37. The Morgan fingerprint density at radius 1 is 1.25 bits per heavy atom. The van der Waals surface area contributed by atoms with E-state index in [9.17, 15) is 4.79 Å². The van der Waals surface area contributed by atoms with Gasteiger partial charge in [0.1, 0.15) is 0 Å². The molecule has 24 heavy (non-hydrogen) atoms. The molecule has 0 saturated heterocycles. The molecule has 0 atom stereocenters. The predicted molar refractivity (Wildman–Crippen MR) is 93.6 cm³/mol. The molecule has 2 aromatic heterocycles. The number of nitrogens with zero attached hydrogens (tertiary/aromatic N) is 3. The van der Waals surface area contributed by atoms with Crippen LogP contribution in [0, 0.1) is 0 Å². The maximum absolute atomic E-state index is 12.9. The summed E-state index contributed by atoms with van der Waals surface area (Å²) in [5.41, 5.74) is 3.56. The van der Waals surface area contributed by atoms with Gasteiger partial charge in [-0.25, -0.2) is 0 Å². The van der Waals surface area contributed by atoms with Crippen LogP contribution in [0.15, 0.2) is 33.9 Å². The van der Waals surface area contributed by atoms with Crippen molar-refractivity contribution in [3.8, 4) is 0 Å². The summed E-state index contributed by atoms with van der Waals surface area (Å²) in [5.74, 6) is 0.987. The Bertz CT molecular complexity index is 897. The average Bonchev–Trinajstić information content (AvgIpc) is 3.22. The number of thioether (sulfide) groups is 1. The van der Waals surface area contributed by atoms with Crippen LogP contribution in [0.4, 0.5) is 0 Å². The van der Waals surface area contributed by atoms with E-state index in [1.165, 1.54) is 34.8 Å². The maximum Gasteiger partial charge on any atom is 0.277 e. The molecule has 124 valence electrons. The Kier molecular flexibility index (Phi) is 4.14. The van der Waals surface area contributed by atoms with E-state index in [0.29, 0.717) is 23.3 Å². The Morgan fingerprint density at radius 2 is 2.08 bits per heavy atom. The quantitative estimate of drug-likeness (QED) is 0.674. The first-order valence-corrected chi connectivity index (χ1v) is 9.36. The fraction of sp³-hybridized carbons (Fsp3) is 0.389. The normalized spacial score (nSPS) is 14.0. The van der Waals surface area contributed by atoms with Crippen molar-refractivity contribution in [2.24, 2.45) is 0 Å². The molecule has 4 rings (SSSR count). The van der Waals surface area contributed by atoms with Crippen LogP contribution in [0.2, 0.25) is 0 Å². The van der Waals surface area contributed by atoms with Gasteiger partial charge >= 0.3 is 0 Å². The highest BCUT2D eigenvalue weighted by Gasteiger charge is 2.23. The van der Waals surface area contributed by atoms with E-state index in [1.54, 1.807) is 0 Å². The number of benzene rings is 1. The Balaban J connectivity index is 1.64. The van der Waals surface area contributed by atoms with Crippen molar-refractivity contribution in [1.29, 1.82) is 0 Å². The second-order valence-corrected chi connectivity index (χ2v) is 6.91. The van der Waals surface area contributed by atoms with E-state index in [0.717, 1.165) is 24.8 Å². The van der Waals surface area contributed by atoms with Crippen LogP contribution < -0.4 is 0 Å². The number of aromatic nitrogens is 3. The number of carbonyl (C=O) groups excluding carboxylic acids is 1. The fourth-order valence-corrected chi connectivity index (χ4v) is 4.04. The van der Waals surface area contributed by atoms with E-state index in [1.807, 2.05) is 29.7 Å². The molecule has 1 aliphatic rings. The molecule has 2 heterocycles. The van der Waals surface area contributed by atoms with Gasteiger partial charge in [0, 0.05) is 17.5 Å². The third-order valence-corrected chi connectivity index (χ3v) is 5.30. The lowest BCUT2D eigenvalue weighted by Gasteiger charge is -2.14. The summed E-state index contributed by atoms with van der Waals surface area (Å²) in [6.45, 7) is 1.96. The van der Waals surface area contributed by atoms with Crippen molar-refractivity contribution in [3.63, 3.8) is 0 Å². The highest BCUT2D eigenvalue weighted by Crippen LogP contribution is 2.32. The van der Waals surface area contributed by atoms with Gasteiger partial charge in [-0.05, 0) is 37.3 Å². The second-order valence-electron chi connectivity index (χ2n) is 5.98. The molecule has 0 amide bonds. The van der Waals surface area contributed by atoms with E-state index < -0.39 is 0 Å². The SMILES string of the molecule is CCc1nnc(SCC(=O)n2c3c(c4ccccc42)CCCC3)o1. The van der Waals surface area contributed by atoms with Gasteiger partial charge in [0.2, 0.25) is 11.8 Å². The smallest absolute Gasteiger partial charge is 0.277 e. The summed E-state index contributed by atoms with van der Waals surface area (Å²) in [4.78, 5) is 12.9. The molecule has 0 unspecified atom stereocenters. The monoisotopic (exact) mass is 341 g/mol.